The van der Waals surface area contributed by atoms with Gasteiger partial charge in [-0.05, 0) is 38.1 Å². The first-order valence-corrected chi connectivity index (χ1v) is 19.2. The highest BCUT2D eigenvalue weighted by molar-refractivity contribution is 5.88. The Hall–Kier alpha value is -3.83. The number of aliphatic hydroxyl groups is 10. The Balaban J connectivity index is 1.24. The fraction of sp³-hybridized carbons (Fsp3) is 0.605. The normalized spacial score (nSPS) is 40.8. The maximum Gasteiger partial charge on any atom is 0.239 e. The lowest BCUT2D eigenvalue weighted by atomic mass is 9.97. The minimum Gasteiger partial charge on any atom is -0.508 e. The maximum absolute atomic E-state index is 14.2. The van der Waals surface area contributed by atoms with E-state index in [1.54, 1.807) is 0 Å². The van der Waals surface area contributed by atoms with Crippen molar-refractivity contribution in [2.45, 2.75) is 131 Å². The van der Waals surface area contributed by atoms with Crippen LogP contribution in [-0.4, -0.2) is 196 Å². The lowest BCUT2D eigenvalue weighted by Gasteiger charge is -2.47. The molecule has 23 nitrogen and oxygen atoms in total. The van der Waals surface area contributed by atoms with E-state index >= 15 is 0 Å². The zero-order valence-corrected chi connectivity index (χ0v) is 32.2. The van der Waals surface area contributed by atoms with Gasteiger partial charge in [-0.25, -0.2) is 0 Å². The first kappa shape index (κ1) is 45.2. The number of rotatable bonds is 10. The van der Waals surface area contributed by atoms with Gasteiger partial charge in [-0.3, -0.25) is 4.79 Å². The monoisotopic (exact) mass is 872 g/mol. The number of fused-ring (bicyclic) bond motifs is 1. The molecule has 3 aromatic rings. The van der Waals surface area contributed by atoms with Gasteiger partial charge in [0.15, 0.2) is 30.7 Å². The van der Waals surface area contributed by atoms with E-state index in [0.29, 0.717) is 0 Å². The minimum absolute atomic E-state index is 0.0975. The van der Waals surface area contributed by atoms with Gasteiger partial charge in [0.2, 0.25) is 17.5 Å². The van der Waals surface area contributed by atoms with Crippen LogP contribution in [0.3, 0.4) is 0 Å². The Bertz CT molecular complexity index is 2030. The summed E-state index contributed by atoms with van der Waals surface area (Å²) in [5, 5.41) is 137. The van der Waals surface area contributed by atoms with E-state index in [-0.39, 0.29) is 22.7 Å². The van der Waals surface area contributed by atoms with E-state index in [2.05, 4.69) is 0 Å². The quantitative estimate of drug-likeness (QED) is 0.0921. The highest BCUT2D eigenvalue weighted by Gasteiger charge is 2.54. The van der Waals surface area contributed by atoms with Gasteiger partial charge >= 0.3 is 0 Å². The van der Waals surface area contributed by atoms with Crippen LogP contribution in [0.25, 0.3) is 22.3 Å². The van der Waals surface area contributed by atoms with E-state index in [1.807, 2.05) is 0 Å². The topological polar surface area (TPSA) is 367 Å². The van der Waals surface area contributed by atoms with Crippen molar-refractivity contribution in [2.24, 2.45) is 0 Å². The molecule has 4 saturated heterocycles. The van der Waals surface area contributed by atoms with Gasteiger partial charge in [-0.2, -0.15) is 0 Å². The number of aromatic hydroxyl groups is 3. The zero-order chi connectivity index (χ0) is 44.2. The number of phenolic OH excluding ortho intramolecular Hbond substituents is 3. The minimum atomic E-state index is -2.09. The smallest absolute Gasteiger partial charge is 0.239 e. The second-order valence-corrected chi connectivity index (χ2v) is 15.3. The summed E-state index contributed by atoms with van der Waals surface area (Å²) in [6, 6.07) is 7.04. The van der Waals surface area contributed by atoms with Crippen molar-refractivity contribution in [3.63, 3.8) is 0 Å². The standard InChI is InChI=1S/C38H48O23/c1-11-21(43)26(48)29(51)35(55-11)54-10-19-24(46)27(49)34(61-37-30(52)32(22(44)12(2)56-37)59-36-28(50)23(45)17(42)9-53-36)38(58-19)60-33-25(47)20-16(41)7-15(40)8-18(20)57-31(33)13-3-5-14(39)6-4-13/h3-8,11-12,17,19,21-24,26-30,32,34-46,48-52H,9-10H2,1-2H3/t11-,12-,17-,19+,21-,22-,23-,24-,26+,27-,28+,29+,30+,32+,34+,35+,36+,37-,38-/m0/s1. The summed E-state index contributed by atoms with van der Waals surface area (Å²) < 4.78 is 51.9. The Morgan fingerprint density at radius 1 is 0.623 bits per heavy atom. The Morgan fingerprint density at radius 2 is 1.26 bits per heavy atom. The number of phenols is 3. The summed E-state index contributed by atoms with van der Waals surface area (Å²) in [7, 11) is 0. The van der Waals surface area contributed by atoms with Crippen molar-refractivity contribution in [3.05, 3.63) is 46.6 Å². The average Bonchev–Trinajstić information content (AvgIpc) is 3.22. The van der Waals surface area contributed by atoms with E-state index in [9.17, 15) is 71.2 Å². The lowest BCUT2D eigenvalue weighted by Crippen LogP contribution is -2.66. The molecule has 4 aliphatic rings. The second-order valence-electron chi connectivity index (χ2n) is 15.3. The number of ether oxygens (including phenoxy) is 8. The van der Waals surface area contributed by atoms with E-state index in [4.69, 9.17) is 42.3 Å². The van der Waals surface area contributed by atoms with Crippen LogP contribution in [-0.2, 0) is 33.2 Å². The molecule has 0 saturated carbocycles. The predicted molar refractivity (Wildman–Crippen MR) is 196 cm³/mol. The van der Waals surface area contributed by atoms with E-state index in [1.165, 1.54) is 38.1 Å². The van der Waals surface area contributed by atoms with Gasteiger partial charge < -0.3 is 109 Å². The molecular formula is C38H48O23. The summed E-state index contributed by atoms with van der Waals surface area (Å²) in [4.78, 5) is 14.2. The molecule has 23 heteroatoms. The van der Waals surface area contributed by atoms with Crippen LogP contribution < -0.4 is 10.2 Å². The van der Waals surface area contributed by atoms with Crippen molar-refractivity contribution in [2.75, 3.05) is 13.2 Å². The maximum atomic E-state index is 14.2. The van der Waals surface area contributed by atoms with E-state index < -0.39 is 158 Å². The van der Waals surface area contributed by atoms with Gasteiger partial charge in [0.1, 0.15) is 101 Å². The van der Waals surface area contributed by atoms with Crippen molar-refractivity contribution < 1.29 is 109 Å². The molecule has 19 atom stereocenters. The molecular weight excluding hydrogens is 824 g/mol. The molecule has 4 fully saturated rings. The SMILES string of the molecule is C[C@@H]1O[C@@H](OC[C@H]2O[C@@H](Oc3c(-c4ccc(O)cc4)oc4cc(O)cc(O)c4c3=O)[C@H](O[C@@H]3O[C@@H](C)[C@H](O)[C@@H](O[C@H]4OC[C@H](O)[C@H](O)[C@H]4O)[C@H]3O)[C@@H](O)[C@H]2O)[C@H](O)[C@H](O)[C@H]1O. The molecule has 0 radical (unpaired) electrons. The van der Waals surface area contributed by atoms with Crippen molar-refractivity contribution in [3.8, 4) is 34.3 Å². The Morgan fingerprint density at radius 3 is 1.97 bits per heavy atom. The number of aliphatic hydroxyl groups excluding tert-OH is 10. The molecule has 61 heavy (non-hydrogen) atoms. The summed E-state index contributed by atoms with van der Waals surface area (Å²) in [5.41, 5.74) is -1.27. The van der Waals surface area contributed by atoms with Crippen LogP contribution in [0.4, 0.5) is 0 Å². The van der Waals surface area contributed by atoms with Gasteiger partial charge in [0.05, 0.1) is 25.4 Å². The third kappa shape index (κ3) is 8.89. The lowest BCUT2D eigenvalue weighted by molar-refractivity contribution is -0.375. The molecule has 0 bridgehead atoms. The van der Waals surface area contributed by atoms with Crippen molar-refractivity contribution >= 4 is 11.0 Å². The van der Waals surface area contributed by atoms with Crippen LogP contribution in [0.5, 0.6) is 23.0 Å². The van der Waals surface area contributed by atoms with E-state index in [0.717, 1.165) is 12.1 Å². The molecule has 338 valence electrons. The van der Waals surface area contributed by atoms with Crippen LogP contribution >= 0.6 is 0 Å². The third-order valence-electron chi connectivity index (χ3n) is 11.0. The van der Waals surface area contributed by atoms with Crippen molar-refractivity contribution in [1.29, 1.82) is 0 Å². The number of hydrogen-bond donors (Lipinski definition) is 13. The van der Waals surface area contributed by atoms with Crippen molar-refractivity contribution in [1.82, 2.24) is 0 Å². The highest BCUT2D eigenvalue weighted by atomic mass is 16.8. The molecule has 13 N–H and O–H groups in total. The molecule has 5 heterocycles. The fourth-order valence-corrected chi connectivity index (χ4v) is 7.40. The molecule has 4 aliphatic heterocycles. The fourth-order valence-electron chi connectivity index (χ4n) is 7.40. The Kier molecular flexibility index (Phi) is 13.4. The molecule has 7 rings (SSSR count). The first-order chi connectivity index (χ1) is 28.9. The van der Waals surface area contributed by atoms with Gasteiger partial charge in [-0.1, -0.05) is 0 Å². The van der Waals surface area contributed by atoms with Gasteiger partial charge in [-0.15, -0.1) is 0 Å². The highest BCUT2D eigenvalue weighted by Crippen LogP contribution is 2.39. The van der Waals surface area contributed by atoms with Crippen LogP contribution in [0.1, 0.15) is 13.8 Å². The summed E-state index contributed by atoms with van der Waals surface area (Å²) in [5.74, 6) is -2.46. The van der Waals surface area contributed by atoms with Crippen LogP contribution in [0.15, 0.2) is 45.6 Å². The molecule has 2 aromatic carbocycles. The average molecular weight is 873 g/mol. The predicted octanol–water partition coefficient (Wildman–Crippen LogP) is -4.08. The molecule has 0 unspecified atom stereocenters. The van der Waals surface area contributed by atoms with Gasteiger partial charge in [0, 0.05) is 17.7 Å². The number of hydrogen-bond acceptors (Lipinski definition) is 23. The Labute approximate surface area is 344 Å². The molecule has 1 aromatic heterocycles. The summed E-state index contributed by atoms with van der Waals surface area (Å²) in [6.07, 6.45) is -32.4. The molecule has 0 amide bonds. The first-order valence-electron chi connectivity index (χ1n) is 19.2. The summed E-state index contributed by atoms with van der Waals surface area (Å²) in [6.45, 7) is 1.54. The third-order valence-corrected chi connectivity index (χ3v) is 11.0. The molecule has 0 aliphatic carbocycles. The summed E-state index contributed by atoms with van der Waals surface area (Å²) >= 11 is 0. The largest absolute Gasteiger partial charge is 0.508 e. The number of benzene rings is 2. The molecule has 0 spiro atoms. The van der Waals surface area contributed by atoms with Crippen LogP contribution in [0.2, 0.25) is 0 Å². The van der Waals surface area contributed by atoms with Gasteiger partial charge in [0.25, 0.3) is 0 Å². The second kappa shape index (κ2) is 18.1. The van der Waals surface area contributed by atoms with Crippen LogP contribution in [0, 0.1) is 0 Å². The zero-order valence-electron chi connectivity index (χ0n) is 32.2.